The number of methoxy groups -OCH3 is 1. The number of rotatable bonds is 7. The van der Waals surface area contributed by atoms with E-state index in [0.717, 1.165) is 22.5 Å². The number of hydrogen-bond donors (Lipinski definition) is 1. The first-order valence-corrected chi connectivity index (χ1v) is 11.9. The third-order valence-electron chi connectivity index (χ3n) is 5.48. The van der Waals surface area contributed by atoms with Crippen LogP contribution in [-0.4, -0.2) is 24.8 Å². The maximum atomic E-state index is 13.5. The molecule has 10 heteroatoms. The van der Waals surface area contributed by atoms with Gasteiger partial charge < -0.3 is 9.72 Å². The average Bonchev–Trinajstić information content (AvgIpc) is 2.84. The summed E-state index contributed by atoms with van der Waals surface area (Å²) < 4.78 is 72.9. The van der Waals surface area contributed by atoms with Gasteiger partial charge in [0, 0.05) is 24.7 Å². The molecule has 1 N–H and O–H groups in total. The number of sulfonamides is 1. The lowest BCUT2D eigenvalue weighted by atomic mass is 10.1. The van der Waals surface area contributed by atoms with Crippen molar-refractivity contribution in [1.29, 1.82) is 0 Å². The molecule has 0 aliphatic rings. The number of H-pyrrole nitrogens is 1. The minimum Gasteiger partial charge on any atom is -0.497 e. The normalized spacial score (nSPS) is 12.3. The van der Waals surface area contributed by atoms with Crippen LogP contribution in [0.3, 0.4) is 0 Å². The van der Waals surface area contributed by atoms with Crippen LogP contribution in [0.5, 0.6) is 5.75 Å². The number of hydrogen-bond acceptors (Lipinski definition) is 4. The smallest absolute Gasteiger partial charge is 0.416 e. The Morgan fingerprint density at radius 1 is 0.914 bits per heavy atom. The van der Waals surface area contributed by atoms with E-state index in [9.17, 15) is 26.4 Å². The SMILES string of the molecule is COc1ccc2cc(CN(Cc3ccccc3)S(=O)(=O)c3cccc(C(F)(F)F)c3)c(=O)[nH]c2c1. The van der Waals surface area contributed by atoms with Crippen molar-refractivity contribution in [2.75, 3.05) is 7.11 Å². The molecule has 1 heterocycles. The molecule has 35 heavy (non-hydrogen) atoms. The first kappa shape index (κ1) is 24.5. The molecule has 0 aliphatic carbocycles. The molecule has 0 atom stereocenters. The van der Waals surface area contributed by atoms with Crippen LogP contribution in [0.15, 0.2) is 88.6 Å². The van der Waals surface area contributed by atoms with Crippen molar-refractivity contribution in [2.24, 2.45) is 0 Å². The van der Waals surface area contributed by atoms with Crippen molar-refractivity contribution in [3.63, 3.8) is 0 Å². The van der Waals surface area contributed by atoms with E-state index in [0.29, 0.717) is 28.3 Å². The summed E-state index contributed by atoms with van der Waals surface area (Å²) in [6.45, 7) is -0.482. The van der Waals surface area contributed by atoms with Crippen LogP contribution in [0.4, 0.5) is 13.2 Å². The van der Waals surface area contributed by atoms with E-state index >= 15 is 0 Å². The molecule has 6 nitrogen and oxygen atoms in total. The van der Waals surface area contributed by atoms with Crippen molar-refractivity contribution in [3.05, 3.63) is 106 Å². The fraction of sp³-hybridized carbons (Fsp3) is 0.160. The van der Waals surface area contributed by atoms with Gasteiger partial charge in [0.05, 0.1) is 23.1 Å². The fourth-order valence-electron chi connectivity index (χ4n) is 3.65. The van der Waals surface area contributed by atoms with Gasteiger partial charge in [-0.25, -0.2) is 8.42 Å². The second kappa shape index (κ2) is 9.55. The monoisotopic (exact) mass is 502 g/mol. The van der Waals surface area contributed by atoms with E-state index in [1.165, 1.54) is 7.11 Å². The Morgan fingerprint density at radius 2 is 1.66 bits per heavy atom. The minimum atomic E-state index is -4.70. The zero-order valence-corrected chi connectivity index (χ0v) is 19.4. The van der Waals surface area contributed by atoms with Crippen molar-refractivity contribution in [1.82, 2.24) is 9.29 Å². The number of halogens is 3. The fourth-order valence-corrected chi connectivity index (χ4v) is 5.11. The molecule has 0 spiro atoms. The molecule has 4 aromatic rings. The lowest BCUT2D eigenvalue weighted by molar-refractivity contribution is -0.137. The number of pyridine rings is 1. The molecule has 182 valence electrons. The second-order valence-electron chi connectivity index (χ2n) is 7.86. The third-order valence-corrected chi connectivity index (χ3v) is 7.27. The van der Waals surface area contributed by atoms with Crippen LogP contribution in [0.25, 0.3) is 10.9 Å². The number of aromatic nitrogens is 1. The number of nitrogens with one attached hydrogen (secondary N) is 1. The quantitative estimate of drug-likeness (QED) is 0.388. The van der Waals surface area contributed by atoms with E-state index in [1.807, 2.05) is 0 Å². The highest BCUT2D eigenvalue weighted by Gasteiger charge is 2.33. The molecule has 0 saturated heterocycles. The standard InChI is InChI=1S/C25H21F3N2O4S/c1-34-21-11-10-18-12-19(24(31)29-23(18)14-21)16-30(15-17-6-3-2-4-7-17)35(32,33)22-9-5-8-20(13-22)25(26,27)28/h2-14H,15-16H2,1H3,(H,29,31). The van der Waals surface area contributed by atoms with Gasteiger partial charge in [0.1, 0.15) is 5.75 Å². The van der Waals surface area contributed by atoms with Gasteiger partial charge in [-0.2, -0.15) is 17.5 Å². The van der Waals surface area contributed by atoms with Gasteiger partial charge in [0.2, 0.25) is 10.0 Å². The highest BCUT2D eigenvalue weighted by atomic mass is 32.2. The summed E-state index contributed by atoms with van der Waals surface area (Å²) in [5.41, 5.74) is -0.314. The largest absolute Gasteiger partial charge is 0.497 e. The topological polar surface area (TPSA) is 79.5 Å². The van der Waals surface area contributed by atoms with E-state index < -0.39 is 32.2 Å². The zero-order valence-electron chi connectivity index (χ0n) is 18.5. The summed E-state index contributed by atoms with van der Waals surface area (Å²) >= 11 is 0. The van der Waals surface area contributed by atoms with E-state index in [1.54, 1.807) is 54.6 Å². The zero-order chi connectivity index (χ0) is 25.2. The summed E-state index contributed by atoms with van der Waals surface area (Å²) in [5, 5.41) is 0.650. The number of fused-ring (bicyclic) bond motifs is 1. The first-order valence-electron chi connectivity index (χ1n) is 10.5. The van der Waals surface area contributed by atoms with Crippen LogP contribution < -0.4 is 10.3 Å². The van der Waals surface area contributed by atoms with Gasteiger partial charge in [-0.05, 0) is 47.3 Å². The molecule has 4 rings (SSSR count). The average molecular weight is 503 g/mol. The Balaban J connectivity index is 1.78. The summed E-state index contributed by atoms with van der Waals surface area (Å²) in [6, 6.07) is 18.8. The Kier molecular flexibility index (Phi) is 6.68. The summed E-state index contributed by atoms with van der Waals surface area (Å²) in [6.07, 6.45) is -4.70. The minimum absolute atomic E-state index is 0.139. The van der Waals surface area contributed by atoms with Gasteiger partial charge >= 0.3 is 6.18 Å². The lowest BCUT2D eigenvalue weighted by Crippen LogP contribution is -2.32. The van der Waals surface area contributed by atoms with Crippen molar-refractivity contribution < 1.29 is 26.3 Å². The highest BCUT2D eigenvalue weighted by molar-refractivity contribution is 7.89. The number of aromatic amines is 1. The molecular weight excluding hydrogens is 481 g/mol. The highest BCUT2D eigenvalue weighted by Crippen LogP contribution is 2.32. The van der Waals surface area contributed by atoms with Crippen LogP contribution in [0, 0.1) is 0 Å². The van der Waals surface area contributed by atoms with E-state index in [2.05, 4.69) is 4.98 Å². The Morgan fingerprint density at radius 3 is 2.34 bits per heavy atom. The molecule has 0 aliphatic heterocycles. The molecule has 0 saturated carbocycles. The molecule has 1 aromatic heterocycles. The van der Waals surface area contributed by atoms with Gasteiger partial charge in [-0.15, -0.1) is 0 Å². The molecule has 0 fully saturated rings. The van der Waals surface area contributed by atoms with Gasteiger partial charge in [0.15, 0.2) is 0 Å². The number of benzene rings is 3. The molecule has 0 bridgehead atoms. The van der Waals surface area contributed by atoms with Crippen LogP contribution in [0.1, 0.15) is 16.7 Å². The predicted octanol–water partition coefficient (Wildman–Crippen LogP) is 4.95. The molecule has 3 aromatic carbocycles. The van der Waals surface area contributed by atoms with Gasteiger partial charge in [-0.3, -0.25) is 4.79 Å². The van der Waals surface area contributed by atoms with Crippen molar-refractivity contribution >= 4 is 20.9 Å². The Labute approximate surface area is 199 Å². The summed E-state index contributed by atoms with van der Waals surface area (Å²) in [4.78, 5) is 15.0. The van der Waals surface area contributed by atoms with Gasteiger partial charge in [0.25, 0.3) is 5.56 Å². The maximum Gasteiger partial charge on any atom is 0.416 e. The maximum absolute atomic E-state index is 13.5. The number of nitrogens with zero attached hydrogens (tertiary/aromatic N) is 1. The van der Waals surface area contributed by atoms with Gasteiger partial charge in [-0.1, -0.05) is 36.4 Å². The first-order chi connectivity index (χ1) is 16.6. The van der Waals surface area contributed by atoms with E-state index in [4.69, 9.17) is 4.74 Å². The molecule has 0 unspecified atom stereocenters. The summed E-state index contributed by atoms with van der Waals surface area (Å²) in [7, 11) is -2.91. The molecule has 0 amide bonds. The summed E-state index contributed by atoms with van der Waals surface area (Å²) in [5.74, 6) is 0.540. The second-order valence-corrected chi connectivity index (χ2v) is 9.80. The Bertz CT molecular complexity index is 1520. The lowest BCUT2D eigenvalue weighted by Gasteiger charge is -2.23. The van der Waals surface area contributed by atoms with E-state index in [-0.39, 0.29) is 18.7 Å². The van der Waals surface area contributed by atoms with Crippen LogP contribution in [0.2, 0.25) is 0 Å². The Hall–Kier alpha value is -3.63. The van der Waals surface area contributed by atoms with Crippen LogP contribution >= 0.6 is 0 Å². The molecular formula is C25H21F3N2O4S. The van der Waals surface area contributed by atoms with Crippen molar-refractivity contribution in [3.8, 4) is 5.75 Å². The predicted molar refractivity (Wildman–Crippen MR) is 125 cm³/mol. The number of alkyl halides is 3. The molecule has 0 radical (unpaired) electrons. The number of ether oxygens (including phenoxy) is 1. The van der Waals surface area contributed by atoms with Crippen LogP contribution in [-0.2, 0) is 29.3 Å². The van der Waals surface area contributed by atoms with Crippen molar-refractivity contribution in [2.45, 2.75) is 24.2 Å². The third kappa shape index (κ3) is 5.39.